The Morgan fingerprint density at radius 2 is 1.83 bits per heavy atom. The van der Waals surface area contributed by atoms with Crippen LogP contribution in [0.5, 0.6) is 0 Å². The van der Waals surface area contributed by atoms with E-state index in [2.05, 4.69) is 10.6 Å². The third kappa shape index (κ3) is 6.47. The van der Waals surface area contributed by atoms with Crippen LogP contribution >= 0.6 is 0 Å². The van der Waals surface area contributed by atoms with E-state index in [1.165, 1.54) is 25.7 Å². The molecule has 5 nitrogen and oxygen atoms in total. The maximum atomic E-state index is 11.6. The summed E-state index contributed by atoms with van der Waals surface area (Å²) in [4.78, 5) is 22.7. The Morgan fingerprint density at radius 1 is 1.17 bits per heavy atom. The second kappa shape index (κ2) is 8.78. The molecule has 18 heavy (non-hydrogen) atoms. The van der Waals surface area contributed by atoms with Crippen molar-refractivity contribution in [2.24, 2.45) is 0 Å². The van der Waals surface area contributed by atoms with Crippen LogP contribution in [-0.4, -0.2) is 31.2 Å². The Morgan fingerprint density at radius 3 is 2.44 bits per heavy atom. The van der Waals surface area contributed by atoms with Crippen molar-refractivity contribution >= 4 is 12.0 Å². The zero-order valence-corrected chi connectivity index (χ0v) is 11.2. The summed E-state index contributed by atoms with van der Waals surface area (Å²) in [6, 6.07) is 0.112. The molecule has 0 bridgehead atoms. The molecule has 1 aliphatic rings. The lowest BCUT2D eigenvalue weighted by Crippen LogP contribution is -2.42. The SMILES string of the molecule is CCOC(=O)CCNC(=O)NC1CCCCCC1. The van der Waals surface area contributed by atoms with Crippen LogP contribution in [0.4, 0.5) is 4.79 Å². The monoisotopic (exact) mass is 256 g/mol. The smallest absolute Gasteiger partial charge is 0.315 e. The van der Waals surface area contributed by atoms with Gasteiger partial charge in [0.25, 0.3) is 0 Å². The Kier molecular flexibility index (Phi) is 7.22. The first kappa shape index (κ1) is 14.8. The molecule has 104 valence electrons. The molecule has 1 fully saturated rings. The van der Waals surface area contributed by atoms with Gasteiger partial charge >= 0.3 is 12.0 Å². The van der Waals surface area contributed by atoms with Crippen LogP contribution in [0.15, 0.2) is 0 Å². The highest BCUT2D eigenvalue weighted by molar-refractivity contribution is 5.75. The van der Waals surface area contributed by atoms with Crippen molar-refractivity contribution in [3.63, 3.8) is 0 Å². The van der Waals surface area contributed by atoms with Gasteiger partial charge in [0.2, 0.25) is 0 Å². The Labute approximate surface area is 109 Å². The molecule has 0 unspecified atom stereocenters. The largest absolute Gasteiger partial charge is 0.466 e. The number of rotatable bonds is 5. The fraction of sp³-hybridized carbons (Fsp3) is 0.846. The fourth-order valence-electron chi connectivity index (χ4n) is 2.17. The van der Waals surface area contributed by atoms with Crippen molar-refractivity contribution in [1.29, 1.82) is 0 Å². The first-order valence-electron chi connectivity index (χ1n) is 6.92. The maximum absolute atomic E-state index is 11.6. The first-order chi connectivity index (χ1) is 8.72. The molecule has 2 amide bonds. The summed E-state index contributed by atoms with van der Waals surface area (Å²) in [5.74, 6) is -0.271. The van der Waals surface area contributed by atoms with Gasteiger partial charge in [-0.25, -0.2) is 4.79 Å². The highest BCUT2D eigenvalue weighted by atomic mass is 16.5. The van der Waals surface area contributed by atoms with Crippen molar-refractivity contribution in [3.8, 4) is 0 Å². The van der Waals surface area contributed by atoms with Crippen LogP contribution in [0.1, 0.15) is 51.9 Å². The Bertz CT molecular complexity index is 261. The average Bonchev–Trinajstić information content (AvgIpc) is 2.58. The Hall–Kier alpha value is -1.26. The Balaban J connectivity index is 2.10. The number of hydrogen-bond acceptors (Lipinski definition) is 3. The zero-order chi connectivity index (χ0) is 13.2. The number of carbonyl (C=O) groups is 2. The van der Waals surface area contributed by atoms with Gasteiger partial charge in [-0.1, -0.05) is 25.7 Å². The van der Waals surface area contributed by atoms with E-state index in [-0.39, 0.29) is 24.5 Å². The van der Waals surface area contributed by atoms with Gasteiger partial charge < -0.3 is 15.4 Å². The molecule has 2 N–H and O–H groups in total. The molecule has 0 radical (unpaired) electrons. The molecular weight excluding hydrogens is 232 g/mol. The van der Waals surface area contributed by atoms with Crippen molar-refractivity contribution in [1.82, 2.24) is 10.6 Å². The van der Waals surface area contributed by atoms with E-state index in [0.29, 0.717) is 13.2 Å². The highest BCUT2D eigenvalue weighted by Gasteiger charge is 2.14. The summed E-state index contributed by atoms with van der Waals surface area (Å²) in [5.41, 5.74) is 0. The number of amides is 2. The van der Waals surface area contributed by atoms with Crippen LogP contribution in [0.25, 0.3) is 0 Å². The van der Waals surface area contributed by atoms with Crippen molar-refractivity contribution in [2.45, 2.75) is 57.9 Å². The van der Waals surface area contributed by atoms with Crippen LogP contribution in [0, 0.1) is 0 Å². The van der Waals surface area contributed by atoms with Gasteiger partial charge in [-0.05, 0) is 19.8 Å². The molecule has 1 saturated carbocycles. The van der Waals surface area contributed by atoms with E-state index in [0.717, 1.165) is 12.8 Å². The predicted molar refractivity (Wildman–Crippen MR) is 69.3 cm³/mol. The van der Waals surface area contributed by atoms with Gasteiger partial charge in [-0.3, -0.25) is 4.79 Å². The number of carbonyl (C=O) groups excluding carboxylic acids is 2. The highest BCUT2D eigenvalue weighted by Crippen LogP contribution is 2.16. The van der Waals surface area contributed by atoms with E-state index in [4.69, 9.17) is 4.74 Å². The maximum Gasteiger partial charge on any atom is 0.315 e. The molecule has 1 rings (SSSR count). The summed E-state index contributed by atoms with van der Waals surface area (Å²) in [5, 5.41) is 5.65. The predicted octanol–water partition coefficient (Wildman–Crippen LogP) is 1.96. The van der Waals surface area contributed by atoms with E-state index < -0.39 is 0 Å². The molecule has 0 atom stereocenters. The van der Waals surface area contributed by atoms with Gasteiger partial charge in [0.05, 0.1) is 13.0 Å². The summed E-state index contributed by atoms with van der Waals surface area (Å²) >= 11 is 0. The third-order valence-corrected chi connectivity index (χ3v) is 3.11. The molecule has 0 saturated heterocycles. The van der Waals surface area contributed by atoms with Gasteiger partial charge in [-0.15, -0.1) is 0 Å². The lowest BCUT2D eigenvalue weighted by Gasteiger charge is -2.16. The average molecular weight is 256 g/mol. The molecule has 0 aliphatic heterocycles. The van der Waals surface area contributed by atoms with E-state index in [1.54, 1.807) is 6.92 Å². The minimum Gasteiger partial charge on any atom is -0.466 e. The second-order valence-corrected chi connectivity index (χ2v) is 4.64. The number of esters is 1. The number of nitrogens with one attached hydrogen (secondary N) is 2. The fourth-order valence-corrected chi connectivity index (χ4v) is 2.17. The van der Waals surface area contributed by atoms with Gasteiger partial charge in [0.15, 0.2) is 0 Å². The van der Waals surface area contributed by atoms with Crippen molar-refractivity contribution in [2.75, 3.05) is 13.2 Å². The minimum atomic E-state index is -0.271. The first-order valence-corrected chi connectivity index (χ1v) is 6.92. The summed E-state index contributed by atoms with van der Waals surface area (Å²) in [7, 11) is 0. The molecular formula is C13H24N2O3. The van der Waals surface area contributed by atoms with Gasteiger partial charge in [-0.2, -0.15) is 0 Å². The van der Waals surface area contributed by atoms with Crippen LogP contribution in [0.2, 0.25) is 0 Å². The number of urea groups is 1. The van der Waals surface area contributed by atoms with Crippen molar-refractivity contribution < 1.29 is 14.3 Å². The molecule has 5 heteroatoms. The second-order valence-electron chi connectivity index (χ2n) is 4.64. The number of hydrogen-bond donors (Lipinski definition) is 2. The summed E-state index contributed by atoms with van der Waals surface area (Å²) < 4.78 is 4.78. The molecule has 1 aliphatic carbocycles. The summed E-state index contributed by atoms with van der Waals surface area (Å²) in [6.45, 7) is 2.48. The van der Waals surface area contributed by atoms with Crippen LogP contribution in [0.3, 0.4) is 0 Å². The molecule has 0 aromatic carbocycles. The van der Waals surface area contributed by atoms with E-state index in [1.807, 2.05) is 0 Å². The lowest BCUT2D eigenvalue weighted by atomic mass is 10.1. The quantitative estimate of drug-likeness (QED) is 0.583. The van der Waals surface area contributed by atoms with E-state index >= 15 is 0 Å². The molecule has 0 aromatic heterocycles. The zero-order valence-electron chi connectivity index (χ0n) is 11.2. The number of ether oxygens (including phenoxy) is 1. The summed E-state index contributed by atoms with van der Waals surface area (Å²) in [6.07, 6.45) is 7.26. The van der Waals surface area contributed by atoms with Gasteiger partial charge in [0, 0.05) is 12.6 Å². The topological polar surface area (TPSA) is 67.4 Å². The normalized spacial score (nSPS) is 16.7. The lowest BCUT2D eigenvalue weighted by molar-refractivity contribution is -0.142. The van der Waals surface area contributed by atoms with Crippen molar-refractivity contribution in [3.05, 3.63) is 0 Å². The van der Waals surface area contributed by atoms with Crippen LogP contribution < -0.4 is 10.6 Å². The van der Waals surface area contributed by atoms with E-state index in [9.17, 15) is 9.59 Å². The van der Waals surface area contributed by atoms with Crippen LogP contribution in [-0.2, 0) is 9.53 Å². The minimum absolute atomic E-state index is 0.175. The molecule has 0 heterocycles. The molecule has 0 spiro atoms. The van der Waals surface area contributed by atoms with Gasteiger partial charge in [0.1, 0.15) is 0 Å². The molecule has 0 aromatic rings. The standard InChI is InChI=1S/C13H24N2O3/c1-2-18-12(16)9-10-14-13(17)15-11-7-5-3-4-6-8-11/h11H,2-10H2,1H3,(H2,14,15,17). The third-order valence-electron chi connectivity index (χ3n) is 3.11.